The molecule has 4 rings (SSSR count). The first-order valence-electron chi connectivity index (χ1n) is 4.67. The van der Waals surface area contributed by atoms with E-state index in [2.05, 4.69) is 24.6 Å². The van der Waals surface area contributed by atoms with Crippen LogP contribution in [0.4, 0.5) is 0 Å². The van der Waals surface area contributed by atoms with Gasteiger partial charge in [-0.05, 0) is 38.3 Å². The van der Waals surface area contributed by atoms with Crippen LogP contribution in [0.2, 0.25) is 0 Å². The molecule has 4 bridgehead atoms. The zero-order valence-corrected chi connectivity index (χ0v) is 7.28. The molecule has 0 aromatic heterocycles. The van der Waals surface area contributed by atoms with Crippen molar-refractivity contribution in [1.29, 1.82) is 0 Å². The summed E-state index contributed by atoms with van der Waals surface area (Å²) in [7, 11) is 2.09. The normalized spacial score (nSPS) is 64.9. The molecule has 2 nitrogen and oxygen atoms in total. The molecule has 4 fully saturated rings. The molecule has 0 radical (unpaired) electrons. The fraction of sp³-hybridized carbons (Fsp3) is 1.00. The molecule has 2 heterocycles. The van der Waals surface area contributed by atoms with Gasteiger partial charge in [-0.15, -0.1) is 0 Å². The van der Waals surface area contributed by atoms with E-state index in [0.29, 0.717) is 11.1 Å². The highest BCUT2D eigenvalue weighted by Gasteiger charge is 2.78. The SMILES string of the molecule is CNC12NCC3CC1C2(C)C3. The minimum absolute atomic E-state index is 0.349. The van der Waals surface area contributed by atoms with E-state index in [4.69, 9.17) is 0 Å². The first kappa shape index (κ1) is 6.44. The highest BCUT2D eigenvalue weighted by Crippen LogP contribution is 2.72. The number of hydrogen-bond donors (Lipinski definition) is 2. The summed E-state index contributed by atoms with van der Waals surface area (Å²) in [6, 6.07) is 0. The lowest BCUT2D eigenvalue weighted by molar-refractivity contribution is 0.197. The fourth-order valence-corrected chi connectivity index (χ4v) is 3.87. The Labute approximate surface area is 67.7 Å². The van der Waals surface area contributed by atoms with Gasteiger partial charge in [0.25, 0.3) is 0 Å². The minimum atomic E-state index is 0.349. The van der Waals surface area contributed by atoms with Crippen molar-refractivity contribution in [2.45, 2.75) is 25.4 Å². The number of fused-ring (bicyclic) bond motifs is 1. The Kier molecular flexibility index (Phi) is 0.879. The molecule has 2 aliphatic heterocycles. The predicted octanol–water partition coefficient (Wildman–Crippen LogP) is 0.551. The van der Waals surface area contributed by atoms with Gasteiger partial charge in [0.2, 0.25) is 0 Å². The van der Waals surface area contributed by atoms with Gasteiger partial charge in [0.15, 0.2) is 0 Å². The molecule has 2 N–H and O–H groups in total. The van der Waals surface area contributed by atoms with Crippen LogP contribution in [0.1, 0.15) is 19.8 Å². The van der Waals surface area contributed by atoms with Gasteiger partial charge in [-0.25, -0.2) is 0 Å². The van der Waals surface area contributed by atoms with E-state index in [-0.39, 0.29) is 0 Å². The lowest BCUT2D eigenvalue weighted by Gasteiger charge is -2.35. The van der Waals surface area contributed by atoms with E-state index < -0.39 is 0 Å². The molecule has 4 unspecified atom stereocenters. The van der Waals surface area contributed by atoms with E-state index in [1.165, 1.54) is 19.4 Å². The van der Waals surface area contributed by atoms with Gasteiger partial charge in [0, 0.05) is 5.41 Å². The van der Waals surface area contributed by atoms with E-state index in [1.54, 1.807) is 0 Å². The minimum Gasteiger partial charge on any atom is -0.302 e. The molecule has 11 heavy (non-hydrogen) atoms. The van der Waals surface area contributed by atoms with Crippen LogP contribution in [0.15, 0.2) is 0 Å². The summed E-state index contributed by atoms with van der Waals surface area (Å²) in [6.07, 6.45) is 2.91. The van der Waals surface area contributed by atoms with E-state index in [1.807, 2.05) is 0 Å². The molecule has 4 atom stereocenters. The van der Waals surface area contributed by atoms with Crippen molar-refractivity contribution in [2.24, 2.45) is 17.3 Å². The Bertz CT molecular complexity index is 216. The van der Waals surface area contributed by atoms with Crippen molar-refractivity contribution >= 4 is 0 Å². The van der Waals surface area contributed by atoms with E-state index >= 15 is 0 Å². The molecule has 2 heteroatoms. The summed E-state index contributed by atoms with van der Waals surface area (Å²) in [5.41, 5.74) is 0.951. The Balaban J connectivity index is 2.00. The molecular weight excluding hydrogens is 136 g/mol. The van der Waals surface area contributed by atoms with Crippen LogP contribution in [0.5, 0.6) is 0 Å². The summed E-state index contributed by atoms with van der Waals surface area (Å²) in [4.78, 5) is 0. The zero-order valence-electron chi connectivity index (χ0n) is 7.28. The predicted molar refractivity (Wildman–Crippen MR) is 44.1 cm³/mol. The number of rotatable bonds is 1. The quantitative estimate of drug-likeness (QED) is 0.573. The lowest BCUT2D eigenvalue weighted by atomic mass is 9.90. The van der Waals surface area contributed by atoms with Gasteiger partial charge in [-0.2, -0.15) is 0 Å². The molecule has 0 aromatic rings. The maximum absolute atomic E-state index is 3.65. The largest absolute Gasteiger partial charge is 0.302 e. The van der Waals surface area contributed by atoms with Crippen LogP contribution >= 0.6 is 0 Å². The smallest absolute Gasteiger partial charge is 0.0779 e. The lowest BCUT2D eigenvalue weighted by Crippen LogP contribution is -2.55. The summed E-state index contributed by atoms with van der Waals surface area (Å²) in [6.45, 7) is 3.67. The monoisotopic (exact) mass is 152 g/mol. The first-order chi connectivity index (χ1) is 5.23. The first-order valence-corrected chi connectivity index (χ1v) is 4.67. The van der Waals surface area contributed by atoms with Crippen molar-refractivity contribution < 1.29 is 0 Å². The second-order valence-electron chi connectivity index (χ2n) is 4.71. The van der Waals surface area contributed by atoms with Crippen molar-refractivity contribution in [3.8, 4) is 0 Å². The van der Waals surface area contributed by atoms with Crippen LogP contribution in [0.3, 0.4) is 0 Å². The Morgan fingerprint density at radius 2 is 2.36 bits per heavy atom. The van der Waals surface area contributed by atoms with Crippen LogP contribution in [-0.2, 0) is 0 Å². The van der Waals surface area contributed by atoms with Crippen LogP contribution in [0, 0.1) is 17.3 Å². The maximum Gasteiger partial charge on any atom is 0.0779 e. The zero-order chi connectivity index (χ0) is 7.69. The van der Waals surface area contributed by atoms with Crippen LogP contribution in [0.25, 0.3) is 0 Å². The molecular formula is C9H16N2. The van der Waals surface area contributed by atoms with E-state index in [0.717, 1.165) is 11.8 Å². The molecule has 2 saturated heterocycles. The van der Waals surface area contributed by atoms with Crippen molar-refractivity contribution in [3.63, 3.8) is 0 Å². The van der Waals surface area contributed by atoms with Gasteiger partial charge in [-0.3, -0.25) is 5.32 Å². The second-order valence-corrected chi connectivity index (χ2v) is 4.71. The van der Waals surface area contributed by atoms with Crippen LogP contribution < -0.4 is 10.6 Å². The van der Waals surface area contributed by atoms with Gasteiger partial charge >= 0.3 is 0 Å². The highest BCUT2D eigenvalue weighted by molar-refractivity contribution is 5.30. The average molecular weight is 152 g/mol. The van der Waals surface area contributed by atoms with Gasteiger partial charge in [0.05, 0.1) is 5.66 Å². The fourth-order valence-electron chi connectivity index (χ4n) is 3.87. The highest BCUT2D eigenvalue weighted by atomic mass is 15.3. The van der Waals surface area contributed by atoms with Gasteiger partial charge in [-0.1, -0.05) is 6.92 Å². The molecule has 62 valence electrons. The molecule has 0 spiro atoms. The summed E-state index contributed by atoms with van der Waals surface area (Å²) in [5.74, 6) is 1.92. The third-order valence-electron chi connectivity index (χ3n) is 4.45. The summed E-state index contributed by atoms with van der Waals surface area (Å²) in [5, 5.41) is 7.12. The average Bonchev–Trinajstić information content (AvgIpc) is 2.39. The standard InChI is InChI=1S/C9H16N2/c1-8-4-6-3-7(8)9(8,10-2)11-5-6/h6-7,10-11H,3-5H2,1-2H3. The molecule has 2 saturated carbocycles. The Hall–Kier alpha value is -0.0800. The third-order valence-corrected chi connectivity index (χ3v) is 4.45. The molecule has 4 aliphatic rings. The van der Waals surface area contributed by atoms with Crippen molar-refractivity contribution in [3.05, 3.63) is 0 Å². The Morgan fingerprint density at radius 3 is 2.73 bits per heavy atom. The number of piperidine rings is 2. The summed E-state index contributed by atoms with van der Waals surface area (Å²) < 4.78 is 0. The number of nitrogens with one attached hydrogen (secondary N) is 2. The second kappa shape index (κ2) is 1.50. The maximum atomic E-state index is 3.65. The van der Waals surface area contributed by atoms with Gasteiger partial charge in [0.1, 0.15) is 0 Å². The van der Waals surface area contributed by atoms with Gasteiger partial charge < -0.3 is 5.32 Å². The number of hydrogen-bond acceptors (Lipinski definition) is 2. The van der Waals surface area contributed by atoms with E-state index in [9.17, 15) is 0 Å². The molecule has 2 aliphatic carbocycles. The third kappa shape index (κ3) is 0.456. The van der Waals surface area contributed by atoms with Crippen LogP contribution in [-0.4, -0.2) is 19.3 Å². The summed E-state index contributed by atoms with van der Waals surface area (Å²) >= 11 is 0. The molecule has 0 amide bonds. The topological polar surface area (TPSA) is 24.1 Å². The molecule has 0 aromatic carbocycles. The Morgan fingerprint density at radius 1 is 1.55 bits per heavy atom. The van der Waals surface area contributed by atoms with Crippen molar-refractivity contribution in [1.82, 2.24) is 10.6 Å². The van der Waals surface area contributed by atoms with Crippen molar-refractivity contribution in [2.75, 3.05) is 13.6 Å².